The fourth-order valence-electron chi connectivity index (χ4n) is 2.00. The van der Waals surface area contributed by atoms with Crippen LogP contribution in [0.15, 0.2) is 36.9 Å². The van der Waals surface area contributed by atoms with Crippen molar-refractivity contribution in [2.45, 2.75) is 13.3 Å². The molecule has 0 aliphatic carbocycles. The van der Waals surface area contributed by atoms with E-state index in [4.69, 9.17) is 0 Å². The first-order valence-electron chi connectivity index (χ1n) is 5.54. The predicted octanol–water partition coefficient (Wildman–Crippen LogP) is 3.09. The number of benzene rings is 1. The molecule has 0 bridgehead atoms. The zero-order valence-corrected chi connectivity index (χ0v) is 9.72. The lowest BCUT2D eigenvalue weighted by Crippen LogP contribution is -1.92. The number of aromatic nitrogens is 1. The van der Waals surface area contributed by atoms with E-state index >= 15 is 0 Å². The van der Waals surface area contributed by atoms with E-state index in [9.17, 15) is 10.2 Å². The first-order chi connectivity index (χ1) is 8.20. The average molecular weight is 229 g/mol. The minimum atomic E-state index is 0.0283. The van der Waals surface area contributed by atoms with Crippen LogP contribution in [0.4, 0.5) is 0 Å². The van der Waals surface area contributed by atoms with E-state index in [2.05, 4.69) is 6.58 Å². The molecule has 0 saturated heterocycles. The number of hydrogen-bond acceptors (Lipinski definition) is 2. The first-order valence-corrected chi connectivity index (χ1v) is 5.54. The Morgan fingerprint density at radius 2 is 1.82 bits per heavy atom. The van der Waals surface area contributed by atoms with Crippen molar-refractivity contribution in [1.82, 2.24) is 4.57 Å². The Balaban J connectivity index is 2.71. The Morgan fingerprint density at radius 3 is 2.29 bits per heavy atom. The molecule has 0 radical (unpaired) electrons. The molecule has 2 aromatic rings. The van der Waals surface area contributed by atoms with Crippen molar-refractivity contribution in [3.63, 3.8) is 0 Å². The second kappa shape index (κ2) is 4.37. The molecule has 0 amide bonds. The molecule has 3 heteroatoms. The van der Waals surface area contributed by atoms with Crippen LogP contribution in [0.25, 0.3) is 11.8 Å². The van der Waals surface area contributed by atoms with Crippen LogP contribution in [0.1, 0.15) is 18.1 Å². The van der Waals surface area contributed by atoms with E-state index in [1.807, 2.05) is 37.3 Å². The van der Waals surface area contributed by atoms with E-state index < -0.39 is 0 Å². The van der Waals surface area contributed by atoms with Crippen molar-refractivity contribution in [3.05, 3.63) is 48.0 Å². The van der Waals surface area contributed by atoms with Crippen molar-refractivity contribution in [1.29, 1.82) is 0 Å². The molecule has 3 nitrogen and oxygen atoms in total. The molecule has 0 atom stereocenters. The highest BCUT2D eigenvalue weighted by atomic mass is 16.3. The number of nitrogens with zero attached hydrogens (tertiary/aromatic N) is 1. The van der Waals surface area contributed by atoms with Crippen LogP contribution in [0.3, 0.4) is 0 Å². The van der Waals surface area contributed by atoms with Gasteiger partial charge in [0, 0.05) is 11.1 Å². The maximum Gasteiger partial charge on any atom is 0.206 e. The lowest BCUT2D eigenvalue weighted by molar-refractivity contribution is 0.400. The molecule has 0 unspecified atom stereocenters. The number of hydrogen-bond donors (Lipinski definition) is 2. The van der Waals surface area contributed by atoms with Gasteiger partial charge in [-0.15, -0.1) is 0 Å². The second-order valence-corrected chi connectivity index (χ2v) is 3.77. The largest absolute Gasteiger partial charge is 0.494 e. The monoisotopic (exact) mass is 229 g/mol. The number of aromatic hydroxyl groups is 2. The standard InChI is InChI=1S/C14H15NO2/c1-3-11-12(4-2)14(17)15(13(11)16)10-8-6-5-7-9-10/h3,5-9,16-17H,1,4H2,2H3. The third kappa shape index (κ3) is 1.69. The maximum absolute atomic E-state index is 10.1. The Hall–Kier alpha value is -2.16. The van der Waals surface area contributed by atoms with Gasteiger partial charge in [0.1, 0.15) is 0 Å². The van der Waals surface area contributed by atoms with Gasteiger partial charge in [-0.3, -0.25) is 4.57 Å². The molecule has 2 N–H and O–H groups in total. The Kier molecular flexibility index (Phi) is 2.91. The summed E-state index contributed by atoms with van der Waals surface area (Å²) in [5.74, 6) is 0.103. The third-order valence-electron chi connectivity index (χ3n) is 2.83. The average Bonchev–Trinajstić information content (AvgIpc) is 2.60. The zero-order valence-electron chi connectivity index (χ0n) is 9.72. The molecule has 0 fully saturated rings. The summed E-state index contributed by atoms with van der Waals surface area (Å²) in [4.78, 5) is 0. The Morgan fingerprint density at radius 1 is 1.18 bits per heavy atom. The molecular formula is C14H15NO2. The fourth-order valence-corrected chi connectivity index (χ4v) is 2.00. The maximum atomic E-state index is 10.1. The molecular weight excluding hydrogens is 214 g/mol. The van der Waals surface area contributed by atoms with Gasteiger partial charge in [0.05, 0.1) is 5.69 Å². The molecule has 1 aromatic heterocycles. The Labute approximate surface area is 100 Å². The van der Waals surface area contributed by atoms with Crippen molar-refractivity contribution >= 4 is 6.08 Å². The summed E-state index contributed by atoms with van der Waals surface area (Å²) in [6, 6.07) is 9.24. The van der Waals surface area contributed by atoms with Gasteiger partial charge in [-0.05, 0) is 18.6 Å². The molecule has 2 rings (SSSR count). The molecule has 1 heterocycles. The van der Waals surface area contributed by atoms with Gasteiger partial charge in [0.2, 0.25) is 11.8 Å². The first kappa shape index (κ1) is 11.3. The van der Waals surface area contributed by atoms with Crippen LogP contribution in [0, 0.1) is 0 Å². The minimum Gasteiger partial charge on any atom is -0.494 e. The van der Waals surface area contributed by atoms with Crippen LogP contribution in [0.5, 0.6) is 11.8 Å². The third-order valence-corrected chi connectivity index (χ3v) is 2.83. The summed E-state index contributed by atoms with van der Waals surface area (Å²) < 4.78 is 1.43. The van der Waals surface area contributed by atoms with Crippen LogP contribution in [-0.2, 0) is 6.42 Å². The lowest BCUT2D eigenvalue weighted by Gasteiger charge is -2.06. The van der Waals surface area contributed by atoms with Crippen molar-refractivity contribution in [2.75, 3.05) is 0 Å². The number of rotatable bonds is 3. The van der Waals surface area contributed by atoms with Gasteiger partial charge >= 0.3 is 0 Å². The fraction of sp³-hybridized carbons (Fsp3) is 0.143. The summed E-state index contributed by atoms with van der Waals surface area (Å²) in [5, 5.41) is 20.2. The molecule has 0 saturated carbocycles. The molecule has 1 aromatic carbocycles. The summed E-state index contributed by atoms with van der Waals surface area (Å²) >= 11 is 0. The Bertz CT molecular complexity index is 541. The second-order valence-electron chi connectivity index (χ2n) is 3.77. The smallest absolute Gasteiger partial charge is 0.206 e. The number of para-hydroxylation sites is 1. The van der Waals surface area contributed by atoms with Crippen LogP contribution in [0.2, 0.25) is 0 Å². The van der Waals surface area contributed by atoms with Gasteiger partial charge in [-0.1, -0.05) is 37.8 Å². The summed E-state index contributed by atoms with van der Waals surface area (Å²) in [6.45, 7) is 5.59. The van der Waals surface area contributed by atoms with E-state index in [-0.39, 0.29) is 11.8 Å². The van der Waals surface area contributed by atoms with E-state index in [1.165, 1.54) is 4.57 Å². The topological polar surface area (TPSA) is 45.4 Å². The van der Waals surface area contributed by atoms with Crippen molar-refractivity contribution in [2.24, 2.45) is 0 Å². The van der Waals surface area contributed by atoms with Gasteiger partial charge in [-0.25, -0.2) is 0 Å². The van der Waals surface area contributed by atoms with Crippen LogP contribution < -0.4 is 0 Å². The van der Waals surface area contributed by atoms with Gasteiger partial charge in [0.25, 0.3) is 0 Å². The van der Waals surface area contributed by atoms with Crippen LogP contribution in [-0.4, -0.2) is 14.8 Å². The SMILES string of the molecule is C=Cc1c(CC)c(O)n(-c2ccccc2)c1O. The minimum absolute atomic E-state index is 0.0283. The summed E-state index contributed by atoms with van der Waals surface area (Å²) in [6.07, 6.45) is 2.20. The zero-order chi connectivity index (χ0) is 12.4. The molecule has 88 valence electrons. The van der Waals surface area contributed by atoms with Gasteiger partial charge in [0.15, 0.2) is 0 Å². The van der Waals surface area contributed by atoms with E-state index in [0.717, 1.165) is 5.69 Å². The van der Waals surface area contributed by atoms with E-state index in [0.29, 0.717) is 17.5 Å². The highest BCUT2D eigenvalue weighted by Crippen LogP contribution is 2.37. The van der Waals surface area contributed by atoms with Crippen molar-refractivity contribution < 1.29 is 10.2 Å². The summed E-state index contributed by atoms with van der Waals surface area (Å²) in [5.41, 5.74) is 2.03. The molecule has 17 heavy (non-hydrogen) atoms. The van der Waals surface area contributed by atoms with Gasteiger partial charge < -0.3 is 10.2 Å². The predicted molar refractivity (Wildman–Crippen MR) is 68.6 cm³/mol. The summed E-state index contributed by atoms with van der Waals surface area (Å²) in [7, 11) is 0. The van der Waals surface area contributed by atoms with E-state index in [1.54, 1.807) is 6.08 Å². The normalized spacial score (nSPS) is 10.4. The van der Waals surface area contributed by atoms with Gasteiger partial charge in [-0.2, -0.15) is 0 Å². The van der Waals surface area contributed by atoms with Crippen LogP contribution >= 0.6 is 0 Å². The highest BCUT2D eigenvalue weighted by molar-refractivity contribution is 5.65. The lowest BCUT2D eigenvalue weighted by atomic mass is 10.1. The highest BCUT2D eigenvalue weighted by Gasteiger charge is 2.19. The molecule has 0 aliphatic heterocycles. The quantitative estimate of drug-likeness (QED) is 0.849. The van der Waals surface area contributed by atoms with Crippen molar-refractivity contribution in [3.8, 4) is 17.4 Å². The molecule has 0 spiro atoms. The molecule has 0 aliphatic rings.